The van der Waals surface area contributed by atoms with Crippen LogP contribution in [0.4, 0.5) is 4.39 Å². The molecule has 0 bridgehead atoms. The van der Waals surface area contributed by atoms with Crippen molar-refractivity contribution in [2.24, 2.45) is 0 Å². The molecular weight excluding hydrogens is 345 g/mol. The molecule has 0 unspecified atom stereocenters. The zero-order valence-corrected chi connectivity index (χ0v) is 15.9. The van der Waals surface area contributed by atoms with E-state index in [1.165, 1.54) is 24.5 Å². The van der Waals surface area contributed by atoms with Gasteiger partial charge in [-0.2, -0.15) is 0 Å². The van der Waals surface area contributed by atoms with Crippen molar-refractivity contribution in [1.82, 2.24) is 15.2 Å². The van der Waals surface area contributed by atoms with E-state index in [1.54, 1.807) is 23.1 Å². The molecule has 144 valence electrons. The molecule has 2 rings (SSSR count). The van der Waals surface area contributed by atoms with Crippen molar-refractivity contribution >= 4 is 11.8 Å². The maximum absolute atomic E-state index is 12.9. The van der Waals surface area contributed by atoms with Crippen LogP contribution in [-0.4, -0.2) is 41.3 Å². The second-order valence-corrected chi connectivity index (χ2v) is 6.39. The number of aromatic nitrogens is 1. The molecule has 1 heterocycles. The van der Waals surface area contributed by atoms with Gasteiger partial charge in [-0.15, -0.1) is 0 Å². The smallest absolute Gasteiger partial charge is 0.255 e. The fourth-order valence-corrected chi connectivity index (χ4v) is 2.79. The third kappa shape index (κ3) is 6.16. The van der Waals surface area contributed by atoms with Gasteiger partial charge in [0.15, 0.2) is 0 Å². The minimum absolute atomic E-state index is 0.104. The number of carbonyl (C=O) groups excluding carboxylic acids is 2. The van der Waals surface area contributed by atoms with Crippen molar-refractivity contribution in [3.05, 3.63) is 65.2 Å². The number of hydrogen-bond donors (Lipinski definition) is 1. The summed E-state index contributed by atoms with van der Waals surface area (Å²) in [6.45, 7) is 5.83. The molecule has 2 amide bonds. The Morgan fingerprint density at radius 3 is 2.30 bits per heavy atom. The third-order valence-corrected chi connectivity index (χ3v) is 4.13. The fraction of sp³-hybridized carbons (Fsp3) is 0.381. The molecule has 0 aliphatic heterocycles. The second-order valence-electron chi connectivity index (χ2n) is 6.39. The lowest BCUT2D eigenvalue weighted by atomic mass is 10.1. The minimum Gasteiger partial charge on any atom is -0.352 e. The highest BCUT2D eigenvalue weighted by Crippen LogP contribution is 2.09. The van der Waals surface area contributed by atoms with Crippen LogP contribution in [0, 0.1) is 5.82 Å². The summed E-state index contributed by atoms with van der Waals surface area (Å²) in [7, 11) is 0. The summed E-state index contributed by atoms with van der Waals surface area (Å²) in [5.41, 5.74) is 1.71. The number of nitrogens with zero attached hydrogens (tertiary/aromatic N) is 2. The standard InChI is InChI=1S/C21H26FN3O2/c1-3-11-25(12-4-2)21(27)18-13-17(14-23-15-18)20(26)24-10-9-16-5-7-19(22)8-6-16/h5-8,13-15H,3-4,9-12H2,1-2H3,(H,24,26). The summed E-state index contributed by atoms with van der Waals surface area (Å²) in [5.74, 6) is -0.667. The van der Waals surface area contributed by atoms with Gasteiger partial charge in [-0.25, -0.2) is 4.39 Å². The van der Waals surface area contributed by atoms with E-state index in [9.17, 15) is 14.0 Å². The molecule has 0 spiro atoms. The lowest BCUT2D eigenvalue weighted by Gasteiger charge is -2.21. The van der Waals surface area contributed by atoms with E-state index in [0.717, 1.165) is 18.4 Å². The number of carbonyl (C=O) groups is 2. The average molecular weight is 371 g/mol. The van der Waals surface area contributed by atoms with Gasteiger partial charge in [0.25, 0.3) is 11.8 Å². The number of hydrogen-bond acceptors (Lipinski definition) is 3. The Labute approximate surface area is 159 Å². The van der Waals surface area contributed by atoms with Crippen LogP contribution in [0.5, 0.6) is 0 Å². The summed E-state index contributed by atoms with van der Waals surface area (Å²) in [6, 6.07) is 7.76. The molecule has 0 atom stereocenters. The van der Waals surface area contributed by atoms with Gasteiger partial charge in [-0.05, 0) is 43.0 Å². The fourth-order valence-electron chi connectivity index (χ4n) is 2.79. The number of rotatable bonds is 9. The first kappa shape index (κ1) is 20.6. The Morgan fingerprint density at radius 2 is 1.67 bits per heavy atom. The molecule has 5 nitrogen and oxygen atoms in total. The third-order valence-electron chi connectivity index (χ3n) is 4.13. The number of nitrogens with one attached hydrogen (secondary N) is 1. The molecule has 1 N–H and O–H groups in total. The highest BCUT2D eigenvalue weighted by atomic mass is 19.1. The maximum atomic E-state index is 12.9. The van der Waals surface area contributed by atoms with Crippen LogP contribution in [0.1, 0.15) is 53.0 Å². The van der Waals surface area contributed by atoms with Gasteiger partial charge in [0.05, 0.1) is 11.1 Å². The highest BCUT2D eigenvalue weighted by molar-refractivity contribution is 5.99. The summed E-state index contributed by atoms with van der Waals surface area (Å²) in [4.78, 5) is 30.8. The van der Waals surface area contributed by atoms with Gasteiger partial charge in [0.1, 0.15) is 5.82 Å². The lowest BCUT2D eigenvalue weighted by molar-refractivity contribution is 0.0755. The molecular formula is C21H26FN3O2. The van der Waals surface area contributed by atoms with Crippen LogP contribution < -0.4 is 5.32 Å². The van der Waals surface area contributed by atoms with Crippen molar-refractivity contribution < 1.29 is 14.0 Å². The Morgan fingerprint density at radius 1 is 1.04 bits per heavy atom. The maximum Gasteiger partial charge on any atom is 0.255 e. The zero-order chi connectivity index (χ0) is 19.6. The van der Waals surface area contributed by atoms with E-state index < -0.39 is 0 Å². The number of halogens is 1. The van der Waals surface area contributed by atoms with Gasteiger partial charge in [-0.3, -0.25) is 14.6 Å². The Balaban J connectivity index is 1.97. The average Bonchev–Trinajstić information content (AvgIpc) is 2.69. The van der Waals surface area contributed by atoms with E-state index in [1.807, 2.05) is 13.8 Å². The molecule has 27 heavy (non-hydrogen) atoms. The molecule has 0 aliphatic carbocycles. The molecule has 0 fully saturated rings. The molecule has 0 radical (unpaired) electrons. The van der Waals surface area contributed by atoms with Gasteiger partial charge >= 0.3 is 0 Å². The normalized spacial score (nSPS) is 10.5. The minimum atomic E-state index is -0.282. The predicted octanol–water partition coefficient (Wildman–Crippen LogP) is 3.46. The van der Waals surface area contributed by atoms with Crippen molar-refractivity contribution in [1.29, 1.82) is 0 Å². The van der Waals surface area contributed by atoms with Crippen molar-refractivity contribution in [2.75, 3.05) is 19.6 Å². The first-order valence-corrected chi connectivity index (χ1v) is 9.32. The topological polar surface area (TPSA) is 62.3 Å². The van der Waals surface area contributed by atoms with E-state index >= 15 is 0 Å². The van der Waals surface area contributed by atoms with Gasteiger partial charge in [-0.1, -0.05) is 26.0 Å². The van der Waals surface area contributed by atoms with Crippen LogP contribution in [0.15, 0.2) is 42.7 Å². The Hall–Kier alpha value is -2.76. The summed E-state index contributed by atoms with van der Waals surface area (Å²) in [5, 5.41) is 2.81. The van der Waals surface area contributed by atoms with Gasteiger partial charge < -0.3 is 10.2 Å². The molecule has 6 heteroatoms. The molecule has 2 aromatic rings. The van der Waals surface area contributed by atoms with E-state index in [-0.39, 0.29) is 17.6 Å². The first-order valence-electron chi connectivity index (χ1n) is 9.32. The zero-order valence-electron chi connectivity index (χ0n) is 15.9. The first-order chi connectivity index (χ1) is 13.0. The second kappa shape index (κ2) is 10.4. The highest BCUT2D eigenvalue weighted by Gasteiger charge is 2.16. The summed E-state index contributed by atoms with van der Waals surface area (Å²) in [6.07, 6.45) is 5.30. The van der Waals surface area contributed by atoms with Crippen molar-refractivity contribution in [3.8, 4) is 0 Å². The summed E-state index contributed by atoms with van der Waals surface area (Å²) >= 11 is 0. The summed E-state index contributed by atoms with van der Waals surface area (Å²) < 4.78 is 12.9. The molecule has 0 saturated carbocycles. The van der Waals surface area contributed by atoms with Crippen molar-refractivity contribution in [2.45, 2.75) is 33.1 Å². The SMILES string of the molecule is CCCN(CCC)C(=O)c1cncc(C(=O)NCCc2ccc(F)cc2)c1. The van der Waals surface area contributed by atoms with Crippen molar-refractivity contribution in [3.63, 3.8) is 0 Å². The van der Waals surface area contributed by atoms with Gasteiger partial charge in [0, 0.05) is 32.0 Å². The lowest BCUT2D eigenvalue weighted by Crippen LogP contribution is -2.33. The molecule has 0 saturated heterocycles. The van der Waals surface area contributed by atoms with Crippen LogP contribution in [0.3, 0.4) is 0 Å². The molecule has 1 aromatic heterocycles. The van der Waals surface area contributed by atoms with Gasteiger partial charge in [0.2, 0.25) is 0 Å². The van der Waals surface area contributed by atoms with Crippen LogP contribution in [0.25, 0.3) is 0 Å². The Bertz CT molecular complexity index is 756. The molecule has 0 aliphatic rings. The van der Waals surface area contributed by atoms with E-state index in [4.69, 9.17) is 0 Å². The monoisotopic (exact) mass is 371 g/mol. The van der Waals surface area contributed by atoms with Crippen LogP contribution in [0.2, 0.25) is 0 Å². The van der Waals surface area contributed by atoms with Crippen LogP contribution >= 0.6 is 0 Å². The Kier molecular flexibility index (Phi) is 7.92. The predicted molar refractivity (Wildman–Crippen MR) is 103 cm³/mol. The largest absolute Gasteiger partial charge is 0.352 e. The quantitative estimate of drug-likeness (QED) is 0.734. The number of pyridine rings is 1. The van der Waals surface area contributed by atoms with Crippen LogP contribution in [-0.2, 0) is 6.42 Å². The van der Waals surface area contributed by atoms with E-state index in [0.29, 0.717) is 37.2 Å². The molecule has 1 aromatic carbocycles. The number of benzene rings is 1. The number of amides is 2. The van der Waals surface area contributed by atoms with E-state index in [2.05, 4.69) is 10.3 Å².